The highest BCUT2D eigenvalue weighted by atomic mass is 16.5. The lowest BCUT2D eigenvalue weighted by Crippen LogP contribution is -2.29. The lowest BCUT2D eigenvalue weighted by Gasteiger charge is -2.12. The minimum absolute atomic E-state index is 0.0543. The number of ether oxygens (including phenoxy) is 2. The average molecular weight is 223 g/mol. The van der Waals surface area contributed by atoms with Gasteiger partial charge in [0.1, 0.15) is 0 Å². The molecule has 0 aliphatic rings. The van der Waals surface area contributed by atoms with Gasteiger partial charge in [-0.15, -0.1) is 0 Å². The van der Waals surface area contributed by atoms with Crippen molar-refractivity contribution in [2.24, 2.45) is 5.73 Å². The Kier molecular flexibility index (Phi) is 6.08. The largest absolute Gasteiger partial charge is 0.382 e. The molecule has 0 fully saturated rings. The molecule has 0 aliphatic carbocycles. The van der Waals surface area contributed by atoms with Gasteiger partial charge in [0.2, 0.25) is 0 Å². The minimum atomic E-state index is 0.0543. The summed E-state index contributed by atoms with van der Waals surface area (Å²) in [5.74, 6) is 0. The SMILES string of the molecule is COCCOCC(N)Cc1cccc(C)c1. The second kappa shape index (κ2) is 7.39. The molecule has 3 nitrogen and oxygen atoms in total. The predicted octanol–water partition coefficient (Wildman–Crippen LogP) is 1.53. The van der Waals surface area contributed by atoms with Crippen molar-refractivity contribution in [2.75, 3.05) is 26.9 Å². The third-order valence-corrected chi connectivity index (χ3v) is 2.34. The van der Waals surface area contributed by atoms with E-state index in [2.05, 4.69) is 31.2 Å². The maximum Gasteiger partial charge on any atom is 0.0701 e. The van der Waals surface area contributed by atoms with Crippen LogP contribution in [0.4, 0.5) is 0 Å². The molecule has 1 rings (SSSR count). The molecule has 0 radical (unpaired) electrons. The average Bonchev–Trinajstić information content (AvgIpc) is 2.24. The lowest BCUT2D eigenvalue weighted by atomic mass is 10.1. The summed E-state index contributed by atoms with van der Waals surface area (Å²) in [6.07, 6.45) is 0.856. The summed E-state index contributed by atoms with van der Waals surface area (Å²) in [6.45, 7) is 3.90. The lowest BCUT2D eigenvalue weighted by molar-refractivity contribution is 0.0637. The van der Waals surface area contributed by atoms with E-state index in [1.807, 2.05) is 0 Å². The topological polar surface area (TPSA) is 44.5 Å². The smallest absolute Gasteiger partial charge is 0.0701 e. The summed E-state index contributed by atoms with van der Waals surface area (Å²) in [6, 6.07) is 8.46. The van der Waals surface area contributed by atoms with E-state index in [0.717, 1.165) is 6.42 Å². The van der Waals surface area contributed by atoms with E-state index < -0.39 is 0 Å². The number of hydrogen-bond acceptors (Lipinski definition) is 3. The van der Waals surface area contributed by atoms with E-state index in [4.69, 9.17) is 15.2 Å². The Balaban J connectivity index is 2.25. The molecule has 1 atom stereocenters. The van der Waals surface area contributed by atoms with E-state index in [-0.39, 0.29) is 6.04 Å². The van der Waals surface area contributed by atoms with Crippen LogP contribution in [0.5, 0.6) is 0 Å². The molecular formula is C13H21NO2. The van der Waals surface area contributed by atoms with Crippen molar-refractivity contribution in [1.29, 1.82) is 0 Å². The highest BCUT2D eigenvalue weighted by Crippen LogP contribution is 2.06. The van der Waals surface area contributed by atoms with Crippen LogP contribution in [0.2, 0.25) is 0 Å². The highest BCUT2D eigenvalue weighted by molar-refractivity contribution is 5.22. The van der Waals surface area contributed by atoms with Gasteiger partial charge in [0.25, 0.3) is 0 Å². The molecule has 0 aromatic heterocycles. The quantitative estimate of drug-likeness (QED) is 0.713. The first-order valence-corrected chi connectivity index (χ1v) is 5.60. The normalized spacial score (nSPS) is 12.7. The van der Waals surface area contributed by atoms with Crippen LogP contribution in [-0.2, 0) is 15.9 Å². The monoisotopic (exact) mass is 223 g/mol. The third-order valence-electron chi connectivity index (χ3n) is 2.34. The summed E-state index contributed by atoms with van der Waals surface area (Å²) < 4.78 is 10.3. The van der Waals surface area contributed by atoms with E-state index >= 15 is 0 Å². The van der Waals surface area contributed by atoms with Crippen molar-refractivity contribution in [3.05, 3.63) is 35.4 Å². The Bertz CT molecular complexity index is 302. The minimum Gasteiger partial charge on any atom is -0.382 e. The molecule has 0 spiro atoms. The molecule has 0 saturated carbocycles. The second-order valence-corrected chi connectivity index (χ2v) is 4.02. The zero-order valence-electron chi connectivity index (χ0n) is 10.1. The number of hydrogen-bond donors (Lipinski definition) is 1. The maximum atomic E-state index is 5.97. The summed E-state index contributed by atoms with van der Waals surface area (Å²) in [4.78, 5) is 0. The van der Waals surface area contributed by atoms with Gasteiger partial charge in [-0.1, -0.05) is 29.8 Å². The van der Waals surface area contributed by atoms with Gasteiger partial charge >= 0.3 is 0 Å². The van der Waals surface area contributed by atoms with Gasteiger partial charge in [0.15, 0.2) is 0 Å². The van der Waals surface area contributed by atoms with E-state index in [1.54, 1.807) is 7.11 Å². The van der Waals surface area contributed by atoms with Gasteiger partial charge < -0.3 is 15.2 Å². The molecule has 0 bridgehead atoms. The number of rotatable bonds is 7. The van der Waals surface area contributed by atoms with Crippen molar-refractivity contribution in [3.63, 3.8) is 0 Å². The number of benzene rings is 1. The van der Waals surface area contributed by atoms with Gasteiger partial charge in [0, 0.05) is 13.2 Å². The molecule has 2 N–H and O–H groups in total. The molecule has 1 unspecified atom stereocenters. The Morgan fingerprint density at radius 1 is 1.31 bits per heavy atom. The fraction of sp³-hybridized carbons (Fsp3) is 0.538. The molecule has 3 heteroatoms. The molecule has 0 amide bonds. The molecule has 90 valence electrons. The van der Waals surface area contributed by atoms with Gasteiger partial charge in [-0.3, -0.25) is 0 Å². The number of aryl methyl sites for hydroxylation is 1. The molecule has 1 aromatic rings. The second-order valence-electron chi connectivity index (χ2n) is 4.02. The summed E-state index contributed by atoms with van der Waals surface area (Å²) in [5, 5.41) is 0. The van der Waals surface area contributed by atoms with Gasteiger partial charge in [0.05, 0.1) is 19.8 Å². The summed E-state index contributed by atoms with van der Waals surface area (Å²) in [5.41, 5.74) is 8.51. The van der Waals surface area contributed by atoms with Crippen LogP contribution in [0, 0.1) is 6.92 Å². The highest BCUT2D eigenvalue weighted by Gasteiger charge is 2.04. The summed E-state index contributed by atoms with van der Waals surface area (Å²) in [7, 11) is 1.66. The Morgan fingerprint density at radius 2 is 2.12 bits per heavy atom. The molecule has 0 aliphatic heterocycles. The van der Waals surface area contributed by atoms with Crippen LogP contribution < -0.4 is 5.73 Å². The van der Waals surface area contributed by atoms with E-state index in [9.17, 15) is 0 Å². The van der Waals surface area contributed by atoms with E-state index in [0.29, 0.717) is 19.8 Å². The van der Waals surface area contributed by atoms with E-state index in [1.165, 1.54) is 11.1 Å². The molecule has 0 heterocycles. The van der Waals surface area contributed by atoms with Crippen LogP contribution in [-0.4, -0.2) is 33.0 Å². The van der Waals surface area contributed by atoms with Crippen molar-refractivity contribution in [3.8, 4) is 0 Å². The Hall–Kier alpha value is -0.900. The van der Waals surface area contributed by atoms with Crippen LogP contribution in [0.25, 0.3) is 0 Å². The van der Waals surface area contributed by atoms with Gasteiger partial charge in [-0.25, -0.2) is 0 Å². The number of methoxy groups -OCH3 is 1. The third kappa shape index (κ3) is 5.26. The first-order valence-electron chi connectivity index (χ1n) is 5.60. The fourth-order valence-corrected chi connectivity index (χ4v) is 1.58. The van der Waals surface area contributed by atoms with Crippen molar-refractivity contribution in [2.45, 2.75) is 19.4 Å². The fourth-order valence-electron chi connectivity index (χ4n) is 1.58. The molecule has 0 saturated heterocycles. The standard InChI is InChI=1S/C13H21NO2/c1-11-4-3-5-12(8-11)9-13(14)10-16-7-6-15-2/h3-5,8,13H,6-7,9-10,14H2,1-2H3. The van der Waals surface area contributed by atoms with Gasteiger partial charge in [-0.05, 0) is 18.9 Å². The van der Waals surface area contributed by atoms with Crippen molar-refractivity contribution in [1.82, 2.24) is 0 Å². The van der Waals surface area contributed by atoms with Crippen LogP contribution in [0.1, 0.15) is 11.1 Å². The zero-order chi connectivity index (χ0) is 11.8. The zero-order valence-corrected chi connectivity index (χ0v) is 10.1. The molecule has 1 aromatic carbocycles. The van der Waals surface area contributed by atoms with Crippen molar-refractivity contribution < 1.29 is 9.47 Å². The molecular weight excluding hydrogens is 202 g/mol. The Morgan fingerprint density at radius 3 is 2.81 bits per heavy atom. The number of nitrogens with two attached hydrogens (primary N) is 1. The first kappa shape index (κ1) is 13.2. The maximum absolute atomic E-state index is 5.97. The van der Waals surface area contributed by atoms with Crippen LogP contribution in [0.15, 0.2) is 24.3 Å². The first-order chi connectivity index (χ1) is 7.72. The Labute approximate surface area is 97.6 Å². The van der Waals surface area contributed by atoms with Crippen molar-refractivity contribution >= 4 is 0 Å². The van der Waals surface area contributed by atoms with Crippen LogP contribution >= 0.6 is 0 Å². The summed E-state index contributed by atoms with van der Waals surface area (Å²) >= 11 is 0. The molecule has 16 heavy (non-hydrogen) atoms. The predicted molar refractivity (Wildman–Crippen MR) is 65.6 cm³/mol. The van der Waals surface area contributed by atoms with Crippen LogP contribution in [0.3, 0.4) is 0 Å². The van der Waals surface area contributed by atoms with Gasteiger partial charge in [-0.2, -0.15) is 0 Å².